The van der Waals surface area contributed by atoms with Crippen molar-refractivity contribution in [2.45, 2.75) is 31.7 Å². The van der Waals surface area contributed by atoms with Crippen LogP contribution in [0, 0.1) is 12.8 Å². The zero-order valence-corrected chi connectivity index (χ0v) is 21.4. The maximum Gasteiger partial charge on any atom is 0.241 e. The molecule has 0 aliphatic carbocycles. The number of ether oxygens (including phenoxy) is 1. The van der Waals surface area contributed by atoms with Gasteiger partial charge in [-0.1, -0.05) is 26.0 Å². The molecule has 1 atom stereocenters. The van der Waals surface area contributed by atoms with Crippen molar-refractivity contribution in [3.63, 3.8) is 0 Å². The lowest BCUT2D eigenvalue weighted by Crippen LogP contribution is -2.56. The molecule has 1 N–H and O–H groups in total. The SMILES string of the molecule is COc1ccccc1N1CCN(C(=O)[C@H](NS(=O)(=O)c2ccc3nc(C)sc3c2)C(C)C)CC1. The minimum Gasteiger partial charge on any atom is -0.495 e. The summed E-state index contributed by atoms with van der Waals surface area (Å²) in [6, 6.07) is 11.8. The van der Waals surface area contributed by atoms with E-state index in [9.17, 15) is 13.2 Å². The maximum absolute atomic E-state index is 13.4. The maximum atomic E-state index is 13.4. The number of benzene rings is 2. The van der Waals surface area contributed by atoms with Crippen LogP contribution in [0.3, 0.4) is 0 Å². The average molecular weight is 503 g/mol. The highest BCUT2D eigenvalue weighted by Crippen LogP contribution is 2.29. The van der Waals surface area contributed by atoms with Crippen molar-refractivity contribution in [3.05, 3.63) is 47.5 Å². The van der Waals surface area contributed by atoms with E-state index in [1.165, 1.54) is 17.4 Å². The van der Waals surface area contributed by atoms with Crippen molar-refractivity contribution in [1.29, 1.82) is 0 Å². The lowest BCUT2D eigenvalue weighted by molar-refractivity contribution is -0.134. The number of amides is 1. The van der Waals surface area contributed by atoms with E-state index >= 15 is 0 Å². The molecule has 0 bridgehead atoms. The lowest BCUT2D eigenvalue weighted by Gasteiger charge is -2.38. The van der Waals surface area contributed by atoms with E-state index < -0.39 is 16.1 Å². The van der Waals surface area contributed by atoms with Crippen molar-refractivity contribution >= 4 is 43.2 Å². The largest absolute Gasteiger partial charge is 0.495 e. The van der Waals surface area contributed by atoms with Crippen molar-refractivity contribution in [1.82, 2.24) is 14.6 Å². The van der Waals surface area contributed by atoms with Crippen molar-refractivity contribution < 1.29 is 17.9 Å². The molecular formula is C24H30N4O4S2. The number of carbonyl (C=O) groups is 1. The third-order valence-electron chi connectivity index (χ3n) is 6.01. The topological polar surface area (TPSA) is 91.8 Å². The molecule has 0 spiro atoms. The second-order valence-electron chi connectivity index (χ2n) is 8.69. The van der Waals surface area contributed by atoms with Gasteiger partial charge in [0.25, 0.3) is 0 Å². The number of para-hydroxylation sites is 2. The first-order chi connectivity index (χ1) is 16.2. The summed E-state index contributed by atoms with van der Waals surface area (Å²) in [5.74, 6) is 0.389. The van der Waals surface area contributed by atoms with Crippen LogP contribution in [-0.2, 0) is 14.8 Å². The van der Waals surface area contributed by atoms with Crippen molar-refractivity contribution in [2.24, 2.45) is 5.92 Å². The smallest absolute Gasteiger partial charge is 0.241 e. The molecular weight excluding hydrogens is 472 g/mol. The molecule has 1 aliphatic heterocycles. The second-order valence-corrected chi connectivity index (χ2v) is 11.6. The molecule has 3 aromatic rings. The second kappa shape index (κ2) is 9.89. The zero-order valence-electron chi connectivity index (χ0n) is 19.8. The van der Waals surface area contributed by atoms with Crippen LogP contribution in [0.2, 0.25) is 0 Å². The molecule has 8 nitrogen and oxygen atoms in total. The summed E-state index contributed by atoms with van der Waals surface area (Å²) in [4.78, 5) is 21.8. The van der Waals surface area contributed by atoms with Gasteiger partial charge < -0.3 is 14.5 Å². The number of sulfonamides is 1. The Labute approximate surface area is 204 Å². The van der Waals surface area contributed by atoms with E-state index in [4.69, 9.17) is 4.74 Å². The zero-order chi connectivity index (χ0) is 24.5. The Kier molecular flexibility index (Phi) is 7.11. The van der Waals surface area contributed by atoms with Gasteiger partial charge in [-0.15, -0.1) is 11.3 Å². The molecule has 0 saturated carbocycles. The number of rotatable bonds is 7. The van der Waals surface area contributed by atoms with Crippen LogP contribution >= 0.6 is 11.3 Å². The number of methoxy groups -OCH3 is 1. The van der Waals surface area contributed by atoms with Crippen molar-refractivity contribution in [2.75, 3.05) is 38.2 Å². The van der Waals surface area contributed by atoms with Crippen LogP contribution < -0.4 is 14.4 Å². The fraction of sp³-hybridized carbons (Fsp3) is 0.417. The summed E-state index contributed by atoms with van der Waals surface area (Å²) in [7, 11) is -2.23. The first kappa shape index (κ1) is 24.4. The van der Waals surface area contributed by atoms with E-state index in [-0.39, 0.29) is 16.7 Å². The summed E-state index contributed by atoms with van der Waals surface area (Å²) in [5.41, 5.74) is 1.76. The molecule has 10 heteroatoms. The summed E-state index contributed by atoms with van der Waals surface area (Å²) in [6.45, 7) is 7.90. The first-order valence-electron chi connectivity index (χ1n) is 11.3. The summed E-state index contributed by atoms with van der Waals surface area (Å²) in [5, 5.41) is 0.875. The number of nitrogens with one attached hydrogen (secondary N) is 1. The summed E-state index contributed by atoms with van der Waals surface area (Å²) < 4.78 is 35.3. The van der Waals surface area contributed by atoms with Crippen LogP contribution in [0.5, 0.6) is 5.75 Å². The number of aryl methyl sites for hydroxylation is 1. The van der Waals surface area contributed by atoms with Crippen molar-refractivity contribution in [3.8, 4) is 5.75 Å². The number of aromatic nitrogens is 1. The molecule has 0 radical (unpaired) electrons. The van der Waals surface area contributed by atoms with E-state index in [2.05, 4.69) is 14.6 Å². The molecule has 2 aromatic carbocycles. The first-order valence-corrected chi connectivity index (χ1v) is 13.6. The molecule has 1 saturated heterocycles. The Balaban J connectivity index is 1.47. The highest BCUT2D eigenvalue weighted by atomic mass is 32.2. The fourth-order valence-corrected chi connectivity index (χ4v) is 6.45. The standard InChI is InChI=1S/C24H30N4O4S2/c1-16(2)23(26-34(30,31)18-9-10-19-22(15-18)33-17(3)25-19)24(29)28-13-11-27(12-14-28)20-7-5-6-8-21(20)32-4/h5-10,15-16,23,26H,11-14H2,1-4H3/t23-/m1/s1. The number of anilines is 1. The Hall–Kier alpha value is -2.69. The van der Waals surface area contributed by atoms with E-state index in [0.29, 0.717) is 26.2 Å². The van der Waals surface area contributed by atoms with Gasteiger partial charge in [0.05, 0.1) is 32.9 Å². The molecule has 0 unspecified atom stereocenters. The van der Waals surface area contributed by atoms with Gasteiger partial charge in [-0.2, -0.15) is 4.72 Å². The predicted octanol–water partition coefficient (Wildman–Crippen LogP) is 3.27. The number of fused-ring (bicyclic) bond motifs is 1. The molecule has 1 aromatic heterocycles. The number of thiazole rings is 1. The number of hydrogen-bond acceptors (Lipinski definition) is 7. The normalized spacial score (nSPS) is 15.7. The van der Waals surface area contributed by atoms with E-state index in [1.54, 1.807) is 24.1 Å². The Morgan fingerprint density at radius 2 is 1.82 bits per heavy atom. The van der Waals surface area contributed by atoms with Crippen LogP contribution in [0.4, 0.5) is 5.69 Å². The van der Waals surface area contributed by atoms with Gasteiger partial charge in [-0.3, -0.25) is 4.79 Å². The van der Waals surface area contributed by atoms with Gasteiger partial charge in [0, 0.05) is 26.2 Å². The molecule has 1 amide bonds. The number of piperazine rings is 1. The minimum atomic E-state index is -3.88. The van der Waals surface area contributed by atoms with E-state index in [1.807, 2.05) is 45.0 Å². The molecule has 1 fully saturated rings. The van der Waals surface area contributed by atoms with Gasteiger partial charge in [-0.05, 0) is 43.2 Å². The van der Waals surface area contributed by atoms with Crippen LogP contribution in [-0.4, -0.2) is 63.5 Å². The Bertz CT molecular complexity index is 1280. The monoisotopic (exact) mass is 502 g/mol. The highest BCUT2D eigenvalue weighted by molar-refractivity contribution is 7.89. The molecule has 34 heavy (non-hydrogen) atoms. The van der Waals surface area contributed by atoms with Gasteiger partial charge in [0.15, 0.2) is 0 Å². The molecule has 4 rings (SSSR count). The minimum absolute atomic E-state index is 0.142. The third kappa shape index (κ3) is 5.03. The lowest BCUT2D eigenvalue weighted by atomic mass is 10.0. The molecule has 2 heterocycles. The number of hydrogen-bond donors (Lipinski definition) is 1. The molecule has 1 aliphatic rings. The van der Waals surface area contributed by atoms with Crippen LogP contribution in [0.25, 0.3) is 10.2 Å². The van der Waals surface area contributed by atoms with Gasteiger partial charge >= 0.3 is 0 Å². The highest BCUT2D eigenvalue weighted by Gasteiger charge is 2.33. The third-order valence-corrected chi connectivity index (χ3v) is 8.38. The van der Waals surface area contributed by atoms with Crippen LogP contribution in [0.1, 0.15) is 18.9 Å². The van der Waals surface area contributed by atoms with Gasteiger partial charge in [0.1, 0.15) is 11.8 Å². The Morgan fingerprint density at radius 1 is 1.12 bits per heavy atom. The average Bonchev–Trinajstić information content (AvgIpc) is 3.21. The Morgan fingerprint density at radius 3 is 2.50 bits per heavy atom. The molecule has 182 valence electrons. The van der Waals surface area contributed by atoms with Crippen LogP contribution in [0.15, 0.2) is 47.4 Å². The van der Waals surface area contributed by atoms with E-state index in [0.717, 1.165) is 26.7 Å². The predicted molar refractivity (Wildman–Crippen MR) is 135 cm³/mol. The number of carbonyl (C=O) groups excluding carboxylic acids is 1. The van der Waals surface area contributed by atoms with Gasteiger partial charge in [-0.25, -0.2) is 13.4 Å². The van der Waals surface area contributed by atoms with Gasteiger partial charge in [0.2, 0.25) is 15.9 Å². The quantitative estimate of drug-likeness (QED) is 0.533. The summed E-state index contributed by atoms with van der Waals surface area (Å²) in [6.07, 6.45) is 0. The number of nitrogens with zero attached hydrogens (tertiary/aromatic N) is 3. The fourth-order valence-electron chi connectivity index (χ4n) is 4.15. The summed E-state index contributed by atoms with van der Waals surface area (Å²) >= 11 is 1.45.